The first-order valence-corrected chi connectivity index (χ1v) is 11.6. The molecule has 1 nitrogen and oxygen atoms in total. The fourth-order valence-corrected chi connectivity index (χ4v) is 5.63. The van der Waals surface area contributed by atoms with Gasteiger partial charge in [-0.2, -0.15) is 0 Å². The molecule has 1 aliphatic heterocycles. The monoisotopic (exact) mass is 292 g/mol. The molecular weight excluding hydrogens is 264 g/mol. The van der Waals surface area contributed by atoms with E-state index in [1.54, 1.807) is 0 Å². The Kier molecular flexibility index (Phi) is 5.95. The van der Waals surface area contributed by atoms with Gasteiger partial charge in [-0.05, 0) is 42.0 Å². The summed E-state index contributed by atoms with van der Waals surface area (Å²) in [6.45, 7) is 14.9. The molecule has 1 fully saturated rings. The molecule has 0 spiro atoms. The first kappa shape index (κ1) is 15.9. The highest BCUT2D eigenvalue weighted by atomic mass is 32.2. The van der Waals surface area contributed by atoms with Crippen LogP contribution in [0.3, 0.4) is 0 Å². The summed E-state index contributed by atoms with van der Waals surface area (Å²) < 4.78 is 7.08. The van der Waals surface area contributed by atoms with Crippen LogP contribution in [0.4, 0.5) is 0 Å². The van der Waals surface area contributed by atoms with Gasteiger partial charge in [0.2, 0.25) is 0 Å². The average Bonchev–Trinajstić information content (AvgIpc) is 2.25. The van der Waals surface area contributed by atoms with Crippen molar-refractivity contribution < 1.29 is 4.43 Å². The Hall–Kier alpha value is 0.877. The second-order valence-corrected chi connectivity index (χ2v) is 14.1. The lowest BCUT2D eigenvalue weighted by Crippen LogP contribution is -2.42. The van der Waals surface area contributed by atoms with Gasteiger partial charge in [0.15, 0.2) is 8.32 Å². The van der Waals surface area contributed by atoms with Crippen LogP contribution >= 0.6 is 23.5 Å². The average molecular weight is 293 g/mol. The fourth-order valence-electron chi connectivity index (χ4n) is 1.47. The summed E-state index contributed by atoms with van der Waals surface area (Å²) in [4.78, 5) is 0. The zero-order valence-corrected chi connectivity index (χ0v) is 14.8. The molecule has 0 radical (unpaired) electrons. The van der Waals surface area contributed by atoms with Crippen LogP contribution in [0.15, 0.2) is 0 Å². The van der Waals surface area contributed by atoms with E-state index in [4.69, 9.17) is 4.43 Å². The molecular formula is C13H28OS2Si. The fraction of sp³-hybridized carbons (Fsp3) is 1.00. The number of thioether (sulfide) groups is 2. The lowest BCUT2D eigenvalue weighted by molar-refractivity contribution is 0.245. The van der Waals surface area contributed by atoms with Crippen molar-refractivity contribution >= 4 is 31.8 Å². The van der Waals surface area contributed by atoms with Gasteiger partial charge in [-0.15, -0.1) is 23.5 Å². The van der Waals surface area contributed by atoms with Crippen molar-refractivity contribution in [3.63, 3.8) is 0 Å². The van der Waals surface area contributed by atoms with Crippen LogP contribution in [0.2, 0.25) is 18.1 Å². The van der Waals surface area contributed by atoms with Gasteiger partial charge in [-0.1, -0.05) is 27.7 Å². The molecule has 0 N–H and O–H groups in total. The summed E-state index contributed by atoms with van der Waals surface area (Å²) in [6, 6.07) is 0. The Morgan fingerprint density at radius 3 is 2.24 bits per heavy atom. The van der Waals surface area contributed by atoms with Gasteiger partial charge in [0.05, 0.1) is 4.58 Å². The van der Waals surface area contributed by atoms with Crippen molar-refractivity contribution in [2.24, 2.45) is 5.92 Å². The zero-order chi connectivity index (χ0) is 13.1. The van der Waals surface area contributed by atoms with Crippen LogP contribution in [0.1, 0.15) is 34.1 Å². The van der Waals surface area contributed by atoms with Gasteiger partial charge < -0.3 is 4.43 Å². The number of hydrogen-bond acceptors (Lipinski definition) is 3. The highest BCUT2D eigenvalue weighted by molar-refractivity contribution is 8.17. The Morgan fingerprint density at radius 2 is 1.76 bits per heavy atom. The largest absolute Gasteiger partial charge is 0.416 e. The Morgan fingerprint density at radius 1 is 1.24 bits per heavy atom. The smallest absolute Gasteiger partial charge is 0.191 e. The first-order valence-electron chi connectivity index (χ1n) is 6.61. The lowest BCUT2D eigenvalue weighted by Gasteiger charge is -2.38. The first-order chi connectivity index (χ1) is 7.74. The van der Waals surface area contributed by atoms with Crippen LogP contribution in [0, 0.1) is 5.92 Å². The Labute approximate surface area is 117 Å². The molecule has 0 amide bonds. The highest BCUT2D eigenvalue weighted by Crippen LogP contribution is 2.39. The quantitative estimate of drug-likeness (QED) is 0.686. The molecule has 0 bridgehead atoms. The minimum Gasteiger partial charge on any atom is -0.416 e. The molecule has 0 aromatic carbocycles. The second kappa shape index (κ2) is 6.35. The molecule has 0 saturated carbocycles. The van der Waals surface area contributed by atoms with E-state index in [2.05, 4.69) is 64.3 Å². The summed E-state index contributed by atoms with van der Waals surface area (Å²) in [5, 5.41) is 0.333. The van der Waals surface area contributed by atoms with Crippen molar-refractivity contribution in [2.45, 2.75) is 56.8 Å². The van der Waals surface area contributed by atoms with E-state index in [-0.39, 0.29) is 0 Å². The third kappa shape index (κ3) is 4.81. The predicted molar refractivity (Wildman–Crippen MR) is 85.6 cm³/mol. The van der Waals surface area contributed by atoms with Crippen LogP contribution in [-0.4, -0.2) is 31.0 Å². The van der Waals surface area contributed by atoms with Crippen molar-refractivity contribution in [2.75, 3.05) is 18.1 Å². The third-order valence-corrected chi connectivity index (χ3v) is 11.8. The number of rotatable bonds is 4. The van der Waals surface area contributed by atoms with Gasteiger partial charge >= 0.3 is 0 Å². The van der Waals surface area contributed by atoms with Crippen LogP contribution in [0.25, 0.3) is 0 Å². The maximum atomic E-state index is 6.32. The molecule has 0 aromatic rings. The van der Waals surface area contributed by atoms with E-state index < -0.39 is 8.32 Å². The molecule has 1 heterocycles. The molecule has 0 aromatic heterocycles. The SMILES string of the molecule is C[C@@H](CO[Si](C)(C)C(C)(C)C)C1SCCCS1. The van der Waals surface area contributed by atoms with Crippen LogP contribution < -0.4 is 0 Å². The van der Waals surface area contributed by atoms with Crippen molar-refractivity contribution in [1.82, 2.24) is 0 Å². The van der Waals surface area contributed by atoms with E-state index in [1.807, 2.05) is 0 Å². The Bertz CT molecular complexity index is 232. The zero-order valence-electron chi connectivity index (χ0n) is 12.2. The van der Waals surface area contributed by atoms with E-state index >= 15 is 0 Å². The minimum absolute atomic E-state index is 0.333. The maximum absolute atomic E-state index is 6.32. The molecule has 1 atom stereocenters. The van der Waals surface area contributed by atoms with E-state index in [0.717, 1.165) is 11.2 Å². The predicted octanol–water partition coefficient (Wildman–Crippen LogP) is 4.84. The molecule has 0 unspecified atom stereocenters. The molecule has 17 heavy (non-hydrogen) atoms. The highest BCUT2D eigenvalue weighted by Gasteiger charge is 2.37. The lowest BCUT2D eigenvalue weighted by atomic mass is 10.2. The standard InChI is InChI=1S/C13H28OS2Si/c1-11(12-15-8-7-9-16-12)10-14-17(5,6)13(2,3)4/h11-12H,7-10H2,1-6H3/t11-/m0/s1. The minimum atomic E-state index is -1.55. The summed E-state index contributed by atoms with van der Waals surface area (Å²) >= 11 is 4.26. The van der Waals surface area contributed by atoms with Crippen molar-refractivity contribution in [3.05, 3.63) is 0 Å². The van der Waals surface area contributed by atoms with Crippen molar-refractivity contribution in [1.29, 1.82) is 0 Å². The van der Waals surface area contributed by atoms with E-state index in [9.17, 15) is 0 Å². The van der Waals surface area contributed by atoms with Gasteiger partial charge in [-0.3, -0.25) is 0 Å². The topological polar surface area (TPSA) is 9.23 Å². The van der Waals surface area contributed by atoms with Gasteiger partial charge in [0.25, 0.3) is 0 Å². The molecule has 1 rings (SSSR count). The molecule has 1 aliphatic rings. The van der Waals surface area contributed by atoms with Gasteiger partial charge in [-0.25, -0.2) is 0 Å². The van der Waals surface area contributed by atoms with E-state index in [0.29, 0.717) is 11.0 Å². The molecule has 102 valence electrons. The molecule has 4 heteroatoms. The van der Waals surface area contributed by atoms with Gasteiger partial charge in [0, 0.05) is 6.61 Å². The van der Waals surface area contributed by atoms with Crippen LogP contribution in [-0.2, 0) is 4.43 Å². The molecule has 1 saturated heterocycles. The van der Waals surface area contributed by atoms with Gasteiger partial charge in [0.1, 0.15) is 0 Å². The second-order valence-electron chi connectivity index (χ2n) is 6.51. The third-order valence-electron chi connectivity index (χ3n) is 3.83. The number of hydrogen-bond donors (Lipinski definition) is 0. The van der Waals surface area contributed by atoms with Crippen molar-refractivity contribution in [3.8, 4) is 0 Å². The summed E-state index contributed by atoms with van der Waals surface area (Å²) in [5.74, 6) is 3.35. The summed E-state index contributed by atoms with van der Waals surface area (Å²) in [6.07, 6.45) is 1.38. The van der Waals surface area contributed by atoms with Crippen LogP contribution in [0.5, 0.6) is 0 Å². The Balaban J connectivity index is 2.39. The van der Waals surface area contributed by atoms with E-state index in [1.165, 1.54) is 17.9 Å². The normalized spacial score (nSPS) is 21.5. The maximum Gasteiger partial charge on any atom is 0.191 e. The summed E-state index contributed by atoms with van der Waals surface area (Å²) in [5.41, 5.74) is 0. The molecule has 0 aliphatic carbocycles. The summed E-state index contributed by atoms with van der Waals surface area (Å²) in [7, 11) is -1.55.